The first kappa shape index (κ1) is 13.1. The van der Waals surface area contributed by atoms with Crippen molar-refractivity contribution in [3.8, 4) is 11.3 Å². The van der Waals surface area contributed by atoms with Crippen LogP contribution in [0, 0.1) is 0 Å². The Balaban J connectivity index is 1.78. The Morgan fingerprint density at radius 2 is 2.00 bits per heavy atom. The summed E-state index contributed by atoms with van der Waals surface area (Å²) >= 11 is 11.5. The molecule has 0 spiro atoms. The minimum absolute atomic E-state index is 0.335. The zero-order valence-electron chi connectivity index (χ0n) is 10.3. The molecular formula is C13H10Cl2N4O. The van der Waals surface area contributed by atoms with Crippen LogP contribution in [-0.4, -0.2) is 20.0 Å². The number of rotatable bonds is 4. The molecule has 0 aliphatic carbocycles. The summed E-state index contributed by atoms with van der Waals surface area (Å²) in [6.07, 6.45) is 3.44. The molecule has 0 saturated carbocycles. The standard InChI is InChI=1S/C13H10Cl2N4O/c14-5-11-7-19(18-17-11)8-13-16-6-12(20-13)9-1-3-10(15)4-2-9/h1-4,6-7H,5,8H2. The number of benzene rings is 1. The Labute approximate surface area is 125 Å². The van der Waals surface area contributed by atoms with Gasteiger partial charge in [-0.3, -0.25) is 0 Å². The zero-order valence-corrected chi connectivity index (χ0v) is 11.8. The summed E-state index contributed by atoms with van der Waals surface area (Å²) in [6.45, 7) is 0.414. The van der Waals surface area contributed by atoms with Crippen LogP contribution in [-0.2, 0) is 12.4 Å². The van der Waals surface area contributed by atoms with Crippen molar-refractivity contribution in [2.24, 2.45) is 0 Å². The number of alkyl halides is 1. The van der Waals surface area contributed by atoms with Crippen molar-refractivity contribution in [1.29, 1.82) is 0 Å². The summed E-state index contributed by atoms with van der Waals surface area (Å²) in [7, 11) is 0. The van der Waals surface area contributed by atoms with Gasteiger partial charge in [-0.15, -0.1) is 16.7 Å². The van der Waals surface area contributed by atoms with Crippen LogP contribution in [0.1, 0.15) is 11.6 Å². The van der Waals surface area contributed by atoms with E-state index in [1.807, 2.05) is 24.3 Å². The molecule has 2 heterocycles. The smallest absolute Gasteiger partial charge is 0.216 e. The zero-order chi connectivity index (χ0) is 13.9. The van der Waals surface area contributed by atoms with Gasteiger partial charge in [0.1, 0.15) is 6.54 Å². The first-order chi connectivity index (χ1) is 9.74. The molecule has 0 saturated heterocycles. The maximum Gasteiger partial charge on any atom is 0.216 e. The predicted molar refractivity (Wildman–Crippen MR) is 75.6 cm³/mol. The number of hydrogen-bond acceptors (Lipinski definition) is 4. The van der Waals surface area contributed by atoms with E-state index in [0.29, 0.717) is 29.1 Å². The van der Waals surface area contributed by atoms with Crippen molar-refractivity contribution < 1.29 is 4.42 Å². The maximum absolute atomic E-state index is 5.85. The molecule has 0 atom stereocenters. The van der Waals surface area contributed by atoms with Gasteiger partial charge in [0, 0.05) is 10.6 Å². The van der Waals surface area contributed by atoms with Crippen LogP contribution >= 0.6 is 23.2 Å². The van der Waals surface area contributed by atoms with Crippen molar-refractivity contribution in [1.82, 2.24) is 20.0 Å². The lowest BCUT2D eigenvalue weighted by Crippen LogP contribution is -2.00. The van der Waals surface area contributed by atoms with Crippen LogP contribution in [0.5, 0.6) is 0 Å². The number of hydrogen-bond donors (Lipinski definition) is 0. The van der Waals surface area contributed by atoms with Crippen molar-refractivity contribution in [3.63, 3.8) is 0 Å². The Morgan fingerprint density at radius 3 is 2.70 bits per heavy atom. The summed E-state index contributed by atoms with van der Waals surface area (Å²) in [5, 5.41) is 8.53. The van der Waals surface area contributed by atoms with E-state index >= 15 is 0 Å². The van der Waals surface area contributed by atoms with E-state index in [2.05, 4.69) is 15.3 Å². The fourth-order valence-corrected chi connectivity index (χ4v) is 2.00. The molecule has 0 amide bonds. The molecule has 5 nitrogen and oxygen atoms in total. The van der Waals surface area contributed by atoms with E-state index in [0.717, 1.165) is 11.3 Å². The van der Waals surface area contributed by atoms with E-state index in [-0.39, 0.29) is 0 Å². The van der Waals surface area contributed by atoms with Gasteiger partial charge in [-0.25, -0.2) is 9.67 Å². The van der Waals surface area contributed by atoms with Gasteiger partial charge < -0.3 is 4.42 Å². The lowest BCUT2D eigenvalue weighted by Gasteiger charge is -1.97. The number of nitrogens with zero attached hydrogens (tertiary/aromatic N) is 4. The molecule has 1 aromatic carbocycles. The Kier molecular flexibility index (Phi) is 3.71. The highest BCUT2D eigenvalue weighted by molar-refractivity contribution is 6.30. The Bertz CT molecular complexity index is 705. The molecule has 20 heavy (non-hydrogen) atoms. The van der Waals surface area contributed by atoms with E-state index in [1.54, 1.807) is 17.1 Å². The number of aromatic nitrogens is 4. The van der Waals surface area contributed by atoms with Crippen LogP contribution in [0.4, 0.5) is 0 Å². The molecule has 0 unspecified atom stereocenters. The molecule has 0 N–H and O–H groups in total. The molecule has 0 aliphatic heterocycles. The highest BCUT2D eigenvalue weighted by Gasteiger charge is 2.08. The highest BCUT2D eigenvalue weighted by Crippen LogP contribution is 2.22. The summed E-state index contributed by atoms with van der Waals surface area (Å²) in [6, 6.07) is 7.38. The van der Waals surface area contributed by atoms with Gasteiger partial charge in [0.2, 0.25) is 5.89 Å². The summed E-state index contributed by atoms with van der Waals surface area (Å²) in [5.41, 5.74) is 1.64. The number of oxazole rings is 1. The minimum atomic E-state index is 0.335. The lowest BCUT2D eigenvalue weighted by atomic mass is 10.2. The topological polar surface area (TPSA) is 56.7 Å². The first-order valence-corrected chi connectivity index (χ1v) is 6.81. The van der Waals surface area contributed by atoms with Gasteiger partial charge in [0.05, 0.1) is 24.0 Å². The first-order valence-electron chi connectivity index (χ1n) is 5.90. The maximum atomic E-state index is 5.85. The van der Waals surface area contributed by atoms with Gasteiger partial charge in [-0.2, -0.15) is 0 Å². The van der Waals surface area contributed by atoms with Crippen molar-refractivity contribution in [2.45, 2.75) is 12.4 Å². The van der Waals surface area contributed by atoms with Crippen LogP contribution in [0.3, 0.4) is 0 Å². The summed E-state index contributed by atoms with van der Waals surface area (Å²) in [4.78, 5) is 4.22. The predicted octanol–water partition coefficient (Wildman–Crippen LogP) is 3.37. The highest BCUT2D eigenvalue weighted by atomic mass is 35.5. The van der Waals surface area contributed by atoms with E-state index in [1.165, 1.54) is 0 Å². The van der Waals surface area contributed by atoms with Crippen LogP contribution in [0.2, 0.25) is 5.02 Å². The molecule has 2 aromatic heterocycles. The van der Waals surface area contributed by atoms with Gasteiger partial charge >= 0.3 is 0 Å². The fourth-order valence-electron chi connectivity index (χ4n) is 1.75. The summed E-state index contributed by atoms with van der Waals surface area (Å²) < 4.78 is 7.31. The van der Waals surface area contributed by atoms with E-state index < -0.39 is 0 Å². The van der Waals surface area contributed by atoms with E-state index in [9.17, 15) is 0 Å². The number of halogens is 2. The van der Waals surface area contributed by atoms with Gasteiger partial charge in [-0.05, 0) is 24.3 Å². The van der Waals surface area contributed by atoms with Crippen LogP contribution < -0.4 is 0 Å². The molecule has 3 aromatic rings. The molecule has 0 aliphatic rings. The molecule has 0 radical (unpaired) electrons. The second kappa shape index (κ2) is 5.64. The average Bonchev–Trinajstić information content (AvgIpc) is 3.09. The van der Waals surface area contributed by atoms with Crippen LogP contribution in [0.15, 0.2) is 41.1 Å². The molecule has 7 heteroatoms. The lowest BCUT2D eigenvalue weighted by molar-refractivity contribution is 0.469. The SMILES string of the molecule is ClCc1cn(Cc2ncc(-c3ccc(Cl)cc3)o2)nn1. The molecule has 102 valence electrons. The second-order valence-corrected chi connectivity index (χ2v) is 4.87. The third-order valence-corrected chi connectivity index (χ3v) is 3.23. The molecule has 0 bridgehead atoms. The van der Waals surface area contributed by atoms with Crippen molar-refractivity contribution >= 4 is 23.2 Å². The normalized spacial score (nSPS) is 10.9. The Morgan fingerprint density at radius 1 is 1.20 bits per heavy atom. The van der Waals surface area contributed by atoms with Crippen molar-refractivity contribution in [2.75, 3.05) is 0 Å². The van der Waals surface area contributed by atoms with Crippen molar-refractivity contribution in [3.05, 3.63) is 53.3 Å². The third-order valence-electron chi connectivity index (χ3n) is 2.70. The quantitative estimate of drug-likeness (QED) is 0.693. The fraction of sp³-hybridized carbons (Fsp3) is 0.154. The monoisotopic (exact) mass is 308 g/mol. The van der Waals surface area contributed by atoms with E-state index in [4.69, 9.17) is 27.6 Å². The second-order valence-electron chi connectivity index (χ2n) is 4.17. The van der Waals surface area contributed by atoms with Gasteiger partial charge in [0.25, 0.3) is 0 Å². The minimum Gasteiger partial charge on any atom is -0.439 e. The van der Waals surface area contributed by atoms with Gasteiger partial charge in [-0.1, -0.05) is 16.8 Å². The molecule has 3 rings (SSSR count). The summed E-state index contributed by atoms with van der Waals surface area (Å²) in [5.74, 6) is 1.58. The largest absolute Gasteiger partial charge is 0.439 e. The average molecular weight is 309 g/mol. The van der Waals surface area contributed by atoms with Crippen LogP contribution in [0.25, 0.3) is 11.3 Å². The third kappa shape index (κ3) is 2.84. The molecule has 0 fully saturated rings. The Hall–Kier alpha value is -1.85. The molecular weight excluding hydrogens is 299 g/mol. The van der Waals surface area contributed by atoms with Gasteiger partial charge in [0.15, 0.2) is 5.76 Å².